The number of nitrogens with zero attached hydrogens (tertiary/aromatic N) is 2. The summed E-state index contributed by atoms with van der Waals surface area (Å²) in [4.78, 5) is 4.38. The van der Waals surface area contributed by atoms with Gasteiger partial charge in [0.25, 0.3) is 0 Å². The minimum atomic E-state index is -0.340. The third kappa shape index (κ3) is 3.53. The van der Waals surface area contributed by atoms with Crippen LogP contribution in [-0.4, -0.2) is 34.6 Å². The van der Waals surface area contributed by atoms with Crippen molar-refractivity contribution in [3.05, 3.63) is 11.7 Å². The first-order valence-corrected chi connectivity index (χ1v) is 6.89. The molecule has 0 bridgehead atoms. The first kappa shape index (κ1) is 13.5. The van der Waals surface area contributed by atoms with Gasteiger partial charge in [-0.25, -0.2) is 0 Å². The summed E-state index contributed by atoms with van der Waals surface area (Å²) in [6.07, 6.45) is 5.49. The molecule has 2 atom stereocenters. The predicted molar refractivity (Wildman–Crippen MR) is 66.3 cm³/mol. The van der Waals surface area contributed by atoms with Crippen molar-refractivity contribution in [1.82, 2.24) is 10.1 Å². The molecule has 1 heterocycles. The fourth-order valence-corrected chi connectivity index (χ4v) is 2.40. The zero-order chi connectivity index (χ0) is 12.8. The lowest BCUT2D eigenvalue weighted by Crippen LogP contribution is -2.17. The highest BCUT2D eigenvalue weighted by Gasteiger charge is 2.28. The third-order valence-corrected chi connectivity index (χ3v) is 3.45. The van der Waals surface area contributed by atoms with E-state index in [-0.39, 0.29) is 12.0 Å². The molecule has 1 N–H and O–H groups in total. The number of aromatic nitrogens is 2. The Labute approximate surface area is 108 Å². The first-order valence-electron chi connectivity index (χ1n) is 6.89. The van der Waals surface area contributed by atoms with Gasteiger partial charge in [-0.3, -0.25) is 0 Å². The van der Waals surface area contributed by atoms with Crippen molar-refractivity contribution in [2.45, 2.75) is 57.5 Å². The molecule has 0 radical (unpaired) electrons. The number of hydrogen-bond donors (Lipinski definition) is 1. The Hall–Kier alpha value is -0.940. The number of aliphatic hydroxyl groups is 1. The molecule has 1 saturated carbocycles. The van der Waals surface area contributed by atoms with Gasteiger partial charge < -0.3 is 14.4 Å². The molecule has 5 nitrogen and oxygen atoms in total. The molecule has 0 amide bonds. The molecule has 2 unspecified atom stereocenters. The van der Waals surface area contributed by atoms with Gasteiger partial charge in [-0.1, -0.05) is 24.4 Å². The fraction of sp³-hybridized carbons (Fsp3) is 0.846. The summed E-state index contributed by atoms with van der Waals surface area (Å²) in [5, 5.41) is 14.0. The van der Waals surface area contributed by atoms with Gasteiger partial charge in [-0.2, -0.15) is 4.98 Å². The average Bonchev–Trinajstić information content (AvgIpc) is 2.72. The highest BCUT2D eigenvalue weighted by Crippen LogP contribution is 2.30. The summed E-state index contributed by atoms with van der Waals surface area (Å²) in [7, 11) is 0. The molecular weight excluding hydrogens is 232 g/mol. The Balaban J connectivity index is 1.95. The van der Waals surface area contributed by atoms with Crippen LogP contribution in [-0.2, 0) is 11.2 Å². The largest absolute Gasteiger partial charge is 0.392 e. The molecule has 102 valence electrons. The van der Waals surface area contributed by atoms with Gasteiger partial charge in [-0.15, -0.1) is 0 Å². The Morgan fingerprint density at radius 3 is 3.00 bits per heavy atom. The van der Waals surface area contributed by atoms with Gasteiger partial charge in [0.05, 0.1) is 18.6 Å². The molecule has 0 spiro atoms. The average molecular weight is 254 g/mol. The number of hydrogen-bond acceptors (Lipinski definition) is 5. The maximum Gasteiger partial charge on any atom is 0.232 e. The second-order valence-corrected chi connectivity index (χ2v) is 4.81. The summed E-state index contributed by atoms with van der Waals surface area (Å²) >= 11 is 0. The van der Waals surface area contributed by atoms with Gasteiger partial charge in [0, 0.05) is 13.0 Å². The first-order chi connectivity index (χ1) is 8.81. The fourth-order valence-electron chi connectivity index (χ4n) is 2.40. The van der Waals surface area contributed by atoms with Crippen LogP contribution in [0.3, 0.4) is 0 Å². The minimum Gasteiger partial charge on any atom is -0.392 e. The number of aliphatic hydroxyl groups excluding tert-OH is 1. The molecule has 1 aliphatic rings. The molecule has 0 aromatic carbocycles. The van der Waals surface area contributed by atoms with E-state index in [0.717, 1.165) is 25.7 Å². The highest BCUT2D eigenvalue weighted by molar-refractivity contribution is 4.98. The van der Waals surface area contributed by atoms with Crippen molar-refractivity contribution < 1.29 is 14.4 Å². The lowest BCUT2D eigenvalue weighted by Gasteiger charge is -2.15. The monoisotopic (exact) mass is 254 g/mol. The normalized spacial score (nSPS) is 25.0. The van der Waals surface area contributed by atoms with E-state index in [9.17, 15) is 5.11 Å². The Morgan fingerprint density at radius 1 is 1.33 bits per heavy atom. The standard InChI is InChI=1S/C13H22N2O3/c1-2-17-9-8-12-14-13(18-15-12)10-6-4-3-5-7-11(10)16/h10-11,16H,2-9H2,1H3. The Bertz CT molecular complexity index is 354. The molecule has 1 aromatic heterocycles. The van der Waals surface area contributed by atoms with Crippen molar-refractivity contribution in [2.75, 3.05) is 13.2 Å². The van der Waals surface area contributed by atoms with E-state index in [0.29, 0.717) is 31.3 Å². The number of rotatable bonds is 5. The van der Waals surface area contributed by atoms with E-state index in [1.165, 1.54) is 6.42 Å². The molecule has 0 saturated heterocycles. The van der Waals surface area contributed by atoms with Gasteiger partial charge in [-0.05, 0) is 19.8 Å². The highest BCUT2D eigenvalue weighted by atomic mass is 16.5. The summed E-state index contributed by atoms with van der Waals surface area (Å²) in [6.45, 7) is 3.28. The molecule has 1 aromatic rings. The van der Waals surface area contributed by atoms with E-state index in [1.807, 2.05) is 6.92 Å². The van der Waals surface area contributed by atoms with Crippen LogP contribution in [0, 0.1) is 0 Å². The Morgan fingerprint density at radius 2 is 2.17 bits per heavy atom. The van der Waals surface area contributed by atoms with Crippen molar-refractivity contribution in [3.63, 3.8) is 0 Å². The second-order valence-electron chi connectivity index (χ2n) is 4.81. The van der Waals surface area contributed by atoms with Crippen LogP contribution < -0.4 is 0 Å². The van der Waals surface area contributed by atoms with E-state index < -0.39 is 0 Å². The SMILES string of the molecule is CCOCCc1noc(C2CCCCCC2O)n1. The van der Waals surface area contributed by atoms with E-state index in [1.54, 1.807) is 0 Å². The van der Waals surface area contributed by atoms with E-state index in [4.69, 9.17) is 9.26 Å². The predicted octanol–water partition coefficient (Wildman–Crippen LogP) is 2.06. The van der Waals surface area contributed by atoms with Crippen molar-refractivity contribution in [2.24, 2.45) is 0 Å². The van der Waals surface area contributed by atoms with Gasteiger partial charge >= 0.3 is 0 Å². The van der Waals surface area contributed by atoms with Crippen LogP contribution in [0.4, 0.5) is 0 Å². The van der Waals surface area contributed by atoms with Crippen LogP contribution in [0.15, 0.2) is 4.52 Å². The lowest BCUT2D eigenvalue weighted by molar-refractivity contribution is 0.119. The van der Waals surface area contributed by atoms with Crippen molar-refractivity contribution in [3.8, 4) is 0 Å². The zero-order valence-electron chi connectivity index (χ0n) is 11.0. The van der Waals surface area contributed by atoms with Crippen LogP contribution in [0.25, 0.3) is 0 Å². The molecule has 5 heteroatoms. The Kier molecular flexibility index (Phi) is 5.13. The third-order valence-electron chi connectivity index (χ3n) is 3.45. The van der Waals surface area contributed by atoms with E-state index in [2.05, 4.69) is 10.1 Å². The molecule has 0 aliphatic heterocycles. The zero-order valence-corrected chi connectivity index (χ0v) is 11.0. The van der Waals surface area contributed by atoms with Crippen LogP contribution in [0.1, 0.15) is 56.7 Å². The van der Waals surface area contributed by atoms with Crippen LogP contribution in [0.2, 0.25) is 0 Å². The summed E-state index contributed by atoms with van der Waals surface area (Å²) in [6, 6.07) is 0. The molecule has 18 heavy (non-hydrogen) atoms. The quantitative estimate of drug-likeness (QED) is 0.643. The van der Waals surface area contributed by atoms with E-state index >= 15 is 0 Å². The molecule has 2 rings (SSSR count). The lowest BCUT2D eigenvalue weighted by atomic mass is 9.97. The van der Waals surface area contributed by atoms with Crippen LogP contribution >= 0.6 is 0 Å². The van der Waals surface area contributed by atoms with Crippen LogP contribution in [0.5, 0.6) is 0 Å². The number of ether oxygens (including phenoxy) is 1. The van der Waals surface area contributed by atoms with Crippen molar-refractivity contribution >= 4 is 0 Å². The summed E-state index contributed by atoms with van der Waals surface area (Å²) in [5.74, 6) is 1.28. The molecule has 1 aliphatic carbocycles. The van der Waals surface area contributed by atoms with Crippen molar-refractivity contribution in [1.29, 1.82) is 0 Å². The van der Waals surface area contributed by atoms with Gasteiger partial charge in [0.15, 0.2) is 5.82 Å². The minimum absolute atomic E-state index is 0.0147. The summed E-state index contributed by atoms with van der Waals surface area (Å²) in [5.41, 5.74) is 0. The maximum absolute atomic E-state index is 10.1. The smallest absolute Gasteiger partial charge is 0.232 e. The molecular formula is C13H22N2O3. The second kappa shape index (κ2) is 6.85. The maximum atomic E-state index is 10.1. The van der Waals surface area contributed by atoms with Gasteiger partial charge in [0.1, 0.15) is 0 Å². The molecule has 1 fully saturated rings. The summed E-state index contributed by atoms with van der Waals surface area (Å²) < 4.78 is 10.5. The van der Waals surface area contributed by atoms with Gasteiger partial charge in [0.2, 0.25) is 5.89 Å². The topological polar surface area (TPSA) is 68.4 Å².